The maximum Gasteiger partial charge on any atom is 0.264 e. The number of hydrogen-bond donors (Lipinski definition) is 1. The Labute approximate surface area is 197 Å². The molecule has 0 saturated carbocycles. The standard InChI is InChI=1S/C24H22N6O3S/c1-17-26-27-28-30(17)21-11-5-10-20(16-21)25-24(31)19-8-4-12-22(15-19)34(32,33)29-14-6-9-18-7-2-3-13-23(18)29/h2-5,7-8,10-13,15-16H,6,9,14H2,1H3,(H,25,31). The SMILES string of the molecule is Cc1nnnn1-c1cccc(NC(=O)c2cccc(S(=O)(=O)N3CCCc4ccccc43)c2)c1. The van der Waals surface area contributed by atoms with E-state index >= 15 is 0 Å². The van der Waals surface area contributed by atoms with Crippen LogP contribution in [-0.2, 0) is 16.4 Å². The number of nitrogens with zero attached hydrogens (tertiary/aromatic N) is 5. The highest BCUT2D eigenvalue weighted by Crippen LogP contribution is 2.32. The third-order valence-corrected chi connectivity index (χ3v) is 7.54. The topological polar surface area (TPSA) is 110 Å². The normalized spacial score (nSPS) is 13.4. The van der Waals surface area contributed by atoms with Crippen LogP contribution in [-0.4, -0.2) is 41.1 Å². The minimum Gasteiger partial charge on any atom is -0.322 e. The first-order valence-corrected chi connectivity index (χ1v) is 12.2. The molecule has 172 valence electrons. The van der Waals surface area contributed by atoms with Gasteiger partial charge >= 0.3 is 0 Å². The summed E-state index contributed by atoms with van der Waals surface area (Å²) in [5.41, 5.74) is 3.17. The van der Waals surface area contributed by atoms with E-state index in [0.29, 0.717) is 29.4 Å². The predicted molar refractivity (Wildman–Crippen MR) is 128 cm³/mol. The number of sulfonamides is 1. The van der Waals surface area contributed by atoms with Gasteiger partial charge in [-0.1, -0.05) is 30.3 Å². The highest BCUT2D eigenvalue weighted by atomic mass is 32.2. The van der Waals surface area contributed by atoms with Crippen molar-refractivity contribution in [3.8, 4) is 5.69 Å². The summed E-state index contributed by atoms with van der Waals surface area (Å²) in [5.74, 6) is 0.197. The zero-order valence-corrected chi connectivity index (χ0v) is 19.2. The summed E-state index contributed by atoms with van der Waals surface area (Å²) in [6.45, 7) is 2.18. The first-order valence-electron chi connectivity index (χ1n) is 10.8. The van der Waals surface area contributed by atoms with Crippen molar-refractivity contribution in [1.29, 1.82) is 0 Å². The van der Waals surface area contributed by atoms with Crippen LogP contribution in [0.15, 0.2) is 77.7 Å². The van der Waals surface area contributed by atoms with Gasteiger partial charge < -0.3 is 5.32 Å². The first kappa shape index (κ1) is 21.8. The van der Waals surface area contributed by atoms with E-state index < -0.39 is 15.9 Å². The molecule has 2 heterocycles. The number of fused-ring (bicyclic) bond motifs is 1. The maximum atomic E-state index is 13.5. The summed E-state index contributed by atoms with van der Waals surface area (Å²) in [6.07, 6.45) is 1.58. The van der Waals surface area contributed by atoms with Crippen molar-refractivity contribution in [1.82, 2.24) is 20.2 Å². The number of rotatable bonds is 5. The molecule has 10 heteroatoms. The summed E-state index contributed by atoms with van der Waals surface area (Å²) < 4.78 is 29.9. The van der Waals surface area contributed by atoms with Crippen LogP contribution in [0.3, 0.4) is 0 Å². The smallest absolute Gasteiger partial charge is 0.264 e. The second kappa shape index (κ2) is 8.71. The number of tetrazole rings is 1. The number of hydrogen-bond acceptors (Lipinski definition) is 6. The molecule has 0 radical (unpaired) electrons. The van der Waals surface area contributed by atoms with Crippen LogP contribution in [0.4, 0.5) is 11.4 Å². The number of amides is 1. The molecule has 1 amide bonds. The molecular formula is C24H22N6O3S. The minimum absolute atomic E-state index is 0.0786. The van der Waals surface area contributed by atoms with Crippen molar-refractivity contribution < 1.29 is 13.2 Å². The number of carbonyl (C=O) groups excluding carboxylic acids is 1. The van der Waals surface area contributed by atoms with Crippen LogP contribution >= 0.6 is 0 Å². The van der Waals surface area contributed by atoms with E-state index in [0.717, 1.165) is 18.4 Å². The van der Waals surface area contributed by atoms with Crippen LogP contribution in [0.5, 0.6) is 0 Å². The number of aromatic nitrogens is 4. The van der Waals surface area contributed by atoms with E-state index in [-0.39, 0.29) is 10.5 Å². The quantitative estimate of drug-likeness (QED) is 0.475. The first-order chi connectivity index (χ1) is 16.4. The van der Waals surface area contributed by atoms with Gasteiger partial charge in [0.2, 0.25) is 0 Å². The van der Waals surface area contributed by atoms with Gasteiger partial charge in [0.25, 0.3) is 15.9 Å². The van der Waals surface area contributed by atoms with Gasteiger partial charge in [0.15, 0.2) is 5.82 Å². The Kier molecular flexibility index (Phi) is 5.58. The molecule has 4 aromatic rings. The number of para-hydroxylation sites is 1. The summed E-state index contributed by atoms with van der Waals surface area (Å²) in [4.78, 5) is 13.0. The Morgan fingerprint density at radius 2 is 1.82 bits per heavy atom. The molecule has 0 fully saturated rings. The average molecular weight is 475 g/mol. The third kappa shape index (κ3) is 4.03. The van der Waals surface area contributed by atoms with Crippen molar-refractivity contribution >= 4 is 27.3 Å². The molecule has 9 nitrogen and oxygen atoms in total. The van der Waals surface area contributed by atoms with Gasteiger partial charge in [-0.05, 0) is 78.2 Å². The second-order valence-electron chi connectivity index (χ2n) is 7.98. The molecule has 1 aliphatic rings. The average Bonchev–Trinajstić information content (AvgIpc) is 3.29. The Morgan fingerprint density at radius 1 is 1.00 bits per heavy atom. The second-order valence-corrected chi connectivity index (χ2v) is 9.84. The van der Waals surface area contributed by atoms with Crippen LogP contribution in [0, 0.1) is 6.92 Å². The fourth-order valence-electron chi connectivity index (χ4n) is 4.06. The highest BCUT2D eigenvalue weighted by Gasteiger charge is 2.29. The molecule has 34 heavy (non-hydrogen) atoms. The Balaban J connectivity index is 1.41. The molecule has 1 N–H and O–H groups in total. The molecule has 0 bridgehead atoms. The Bertz CT molecular complexity index is 1480. The molecule has 1 aromatic heterocycles. The van der Waals surface area contributed by atoms with E-state index in [9.17, 15) is 13.2 Å². The molecular weight excluding hydrogens is 452 g/mol. The highest BCUT2D eigenvalue weighted by molar-refractivity contribution is 7.92. The van der Waals surface area contributed by atoms with Gasteiger partial charge in [0, 0.05) is 17.8 Å². The van der Waals surface area contributed by atoms with E-state index in [1.807, 2.05) is 30.3 Å². The summed E-state index contributed by atoms with van der Waals surface area (Å²) in [6, 6.07) is 20.7. The lowest BCUT2D eigenvalue weighted by Crippen LogP contribution is -2.35. The maximum absolute atomic E-state index is 13.5. The van der Waals surface area contributed by atoms with Crippen molar-refractivity contribution in [2.24, 2.45) is 0 Å². The van der Waals surface area contributed by atoms with E-state index in [2.05, 4.69) is 20.8 Å². The van der Waals surface area contributed by atoms with Gasteiger partial charge in [-0.3, -0.25) is 9.10 Å². The number of benzene rings is 3. The summed E-state index contributed by atoms with van der Waals surface area (Å²) >= 11 is 0. The van der Waals surface area contributed by atoms with Crippen molar-refractivity contribution in [3.05, 3.63) is 89.7 Å². The van der Waals surface area contributed by atoms with Crippen LogP contribution in [0.2, 0.25) is 0 Å². The Morgan fingerprint density at radius 3 is 2.65 bits per heavy atom. The fraction of sp³-hybridized carbons (Fsp3) is 0.167. The molecule has 0 atom stereocenters. The lowest BCUT2D eigenvalue weighted by Gasteiger charge is -2.30. The fourth-order valence-corrected chi connectivity index (χ4v) is 5.65. The molecule has 0 unspecified atom stereocenters. The number of carbonyl (C=O) groups is 1. The van der Waals surface area contributed by atoms with E-state index in [1.165, 1.54) is 16.4 Å². The van der Waals surface area contributed by atoms with E-state index in [4.69, 9.17) is 0 Å². The third-order valence-electron chi connectivity index (χ3n) is 5.73. The van der Waals surface area contributed by atoms with Gasteiger partial charge in [-0.25, -0.2) is 8.42 Å². The van der Waals surface area contributed by atoms with Crippen LogP contribution in [0.25, 0.3) is 5.69 Å². The molecule has 3 aromatic carbocycles. The minimum atomic E-state index is -3.82. The lowest BCUT2D eigenvalue weighted by atomic mass is 10.0. The molecule has 1 aliphatic heterocycles. The van der Waals surface area contributed by atoms with Gasteiger partial charge in [0.05, 0.1) is 16.3 Å². The predicted octanol–water partition coefficient (Wildman–Crippen LogP) is 3.36. The van der Waals surface area contributed by atoms with Crippen LogP contribution in [0.1, 0.15) is 28.2 Å². The molecule has 5 rings (SSSR count). The lowest BCUT2D eigenvalue weighted by molar-refractivity contribution is 0.102. The zero-order valence-electron chi connectivity index (χ0n) is 18.4. The van der Waals surface area contributed by atoms with Crippen molar-refractivity contribution in [3.63, 3.8) is 0 Å². The summed E-state index contributed by atoms with van der Waals surface area (Å²) in [7, 11) is -3.82. The van der Waals surface area contributed by atoms with Crippen molar-refractivity contribution in [2.45, 2.75) is 24.7 Å². The monoisotopic (exact) mass is 474 g/mol. The Hall–Kier alpha value is -4.05. The van der Waals surface area contributed by atoms with Crippen molar-refractivity contribution in [2.75, 3.05) is 16.2 Å². The van der Waals surface area contributed by atoms with Gasteiger partial charge in [0.1, 0.15) is 0 Å². The zero-order chi connectivity index (χ0) is 23.7. The molecule has 0 aliphatic carbocycles. The number of aryl methyl sites for hydroxylation is 2. The summed E-state index contributed by atoms with van der Waals surface area (Å²) in [5, 5.41) is 14.3. The number of anilines is 2. The molecule has 0 saturated heterocycles. The van der Waals surface area contributed by atoms with Gasteiger partial charge in [-0.2, -0.15) is 4.68 Å². The van der Waals surface area contributed by atoms with Gasteiger partial charge in [-0.15, -0.1) is 5.10 Å². The number of nitrogens with one attached hydrogen (secondary N) is 1. The largest absolute Gasteiger partial charge is 0.322 e. The van der Waals surface area contributed by atoms with Crippen LogP contribution < -0.4 is 9.62 Å². The molecule has 0 spiro atoms. The van der Waals surface area contributed by atoms with E-state index in [1.54, 1.807) is 41.9 Å².